The minimum absolute atomic E-state index is 0.191. The molecule has 6 nitrogen and oxygen atoms in total. The maximum Gasteiger partial charge on any atom is 0.339 e. The molecule has 2 amide bonds. The van der Waals surface area contributed by atoms with E-state index in [4.69, 9.17) is 26.8 Å². The Balaban J connectivity index is 2.68. The van der Waals surface area contributed by atoms with E-state index < -0.39 is 12.0 Å². The first-order valence-electron chi connectivity index (χ1n) is 6.60. The number of carbonyl (C=O) groups is 2. The summed E-state index contributed by atoms with van der Waals surface area (Å²) in [6.07, 6.45) is 0. The van der Waals surface area contributed by atoms with E-state index >= 15 is 0 Å². The molecule has 7 heteroatoms. The lowest BCUT2D eigenvalue weighted by Gasteiger charge is -2.24. The van der Waals surface area contributed by atoms with Crippen LogP contribution in [0, 0.1) is 0 Å². The zero-order valence-corrected chi connectivity index (χ0v) is 13.3. The number of halogens is 1. The van der Waals surface area contributed by atoms with Gasteiger partial charge in [0.05, 0.1) is 31.2 Å². The van der Waals surface area contributed by atoms with Crippen LogP contribution in [0.1, 0.15) is 10.4 Å². The van der Waals surface area contributed by atoms with Gasteiger partial charge in [0, 0.05) is 5.02 Å². The van der Waals surface area contributed by atoms with Gasteiger partial charge in [-0.25, -0.2) is 9.59 Å². The van der Waals surface area contributed by atoms with E-state index in [0.717, 1.165) is 4.90 Å². The molecule has 0 atom stereocenters. The smallest absolute Gasteiger partial charge is 0.339 e. The fourth-order valence-electron chi connectivity index (χ4n) is 2.16. The minimum atomic E-state index is -0.790. The SMILES string of the molecule is COC(=O)c1ccccc1N(C(N)=O)c1cc(Cl)ccc1OC. The van der Waals surface area contributed by atoms with Gasteiger partial charge < -0.3 is 15.2 Å². The van der Waals surface area contributed by atoms with Crippen molar-refractivity contribution in [3.8, 4) is 5.75 Å². The second-order valence-corrected chi connectivity index (χ2v) is 4.93. The molecule has 2 N–H and O–H groups in total. The van der Waals surface area contributed by atoms with Gasteiger partial charge in [0.2, 0.25) is 0 Å². The maximum atomic E-state index is 12.0. The number of nitrogens with zero attached hydrogens (tertiary/aromatic N) is 1. The topological polar surface area (TPSA) is 81.9 Å². The Labute approximate surface area is 138 Å². The minimum Gasteiger partial charge on any atom is -0.495 e. The number of rotatable bonds is 4. The second-order valence-electron chi connectivity index (χ2n) is 4.50. The molecule has 2 aromatic rings. The summed E-state index contributed by atoms with van der Waals surface area (Å²) in [5.41, 5.74) is 6.31. The van der Waals surface area contributed by atoms with Gasteiger partial charge in [-0.1, -0.05) is 23.7 Å². The van der Waals surface area contributed by atoms with Crippen LogP contribution in [0.3, 0.4) is 0 Å². The van der Waals surface area contributed by atoms with E-state index in [9.17, 15) is 9.59 Å². The Morgan fingerprint density at radius 1 is 1.09 bits per heavy atom. The highest BCUT2D eigenvalue weighted by molar-refractivity contribution is 6.31. The van der Waals surface area contributed by atoms with Crippen molar-refractivity contribution in [1.82, 2.24) is 0 Å². The molecule has 2 aromatic carbocycles. The second kappa shape index (κ2) is 7.02. The molecule has 0 fully saturated rings. The molecule has 0 spiro atoms. The first kappa shape index (κ1) is 16.6. The third kappa shape index (κ3) is 3.37. The molecule has 0 radical (unpaired) electrons. The van der Waals surface area contributed by atoms with Crippen LogP contribution in [0.15, 0.2) is 42.5 Å². The average Bonchev–Trinajstić information content (AvgIpc) is 2.55. The van der Waals surface area contributed by atoms with Gasteiger partial charge in [0.25, 0.3) is 0 Å². The molecule has 23 heavy (non-hydrogen) atoms. The predicted molar refractivity (Wildman–Crippen MR) is 87.5 cm³/mol. The summed E-state index contributed by atoms with van der Waals surface area (Å²) in [4.78, 5) is 25.1. The van der Waals surface area contributed by atoms with Gasteiger partial charge in [-0.3, -0.25) is 4.90 Å². The van der Waals surface area contributed by atoms with Crippen LogP contribution < -0.4 is 15.4 Å². The number of esters is 1. The van der Waals surface area contributed by atoms with E-state index in [0.29, 0.717) is 16.5 Å². The van der Waals surface area contributed by atoms with Crippen molar-refractivity contribution < 1.29 is 19.1 Å². The summed E-state index contributed by atoms with van der Waals surface area (Å²) >= 11 is 6.01. The quantitative estimate of drug-likeness (QED) is 0.869. The summed E-state index contributed by atoms with van der Waals surface area (Å²) in [6, 6.07) is 10.4. The van der Waals surface area contributed by atoms with E-state index in [1.165, 1.54) is 26.4 Å². The molecule has 0 saturated heterocycles. The van der Waals surface area contributed by atoms with Gasteiger partial charge in [-0.15, -0.1) is 0 Å². The van der Waals surface area contributed by atoms with Crippen LogP contribution in [0.2, 0.25) is 5.02 Å². The van der Waals surface area contributed by atoms with Gasteiger partial charge in [0.1, 0.15) is 5.75 Å². The van der Waals surface area contributed by atoms with E-state index in [-0.39, 0.29) is 11.3 Å². The summed E-state index contributed by atoms with van der Waals surface area (Å²) in [5, 5.41) is 0.391. The monoisotopic (exact) mass is 334 g/mol. The lowest BCUT2D eigenvalue weighted by molar-refractivity contribution is 0.0601. The average molecular weight is 335 g/mol. The highest BCUT2D eigenvalue weighted by Gasteiger charge is 2.24. The zero-order valence-electron chi connectivity index (χ0n) is 12.6. The van der Waals surface area contributed by atoms with Crippen LogP contribution in [-0.4, -0.2) is 26.2 Å². The van der Waals surface area contributed by atoms with E-state index in [1.807, 2.05) is 0 Å². The molecule has 0 heterocycles. The number of hydrogen-bond donors (Lipinski definition) is 1. The van der Waals surface area contributed by atoms with Crippen LogP contribution in [0.25, 0.3) is 0 Å². The molecule has 0 saturated carbocycles. The van der Waals surface area contributed by atoms with E-state index in [1.54, 1.807) is 30.3 Å². The Bertz CT molecular complexity index is 749. The van der Waals surface area contributed by atoms with Gasteiger partial charge in [0.15, 0.2) is 0 Å². The maximum absolute atomic E-state index is 12.0. The Morgan fingerprint density at radius 2 is 1.78 bits per heavy atom. The summed E-state index contributed by atoms with van der Waals surface area (Å²) in [7, 11) is 2.71. The number of benzene rings is 2. The first-order chi connectivity index (χ1) is 11.0. The Hall–Kier alpha value is -2.73. The number of primary amides is 1. The Kier molecular flexibility index (Phi) is 5.08. The number of carbonyl (C=O) groups excluding carboxylic acids is 2. The van der Waals surface area contributed by atoms with Crippen molar-refractivity contribution in [3.05, 3.63) is 53.1 Å². The molecule has 0 bridgehead atoms. The molecule has 2 rings (SSSR count). The molecule has 0 unspecified atom stereocenters. The lowest BCUT2D eigenvalue weighted by atomic mass is 10.1. The zero-order chi connectivity index (χ0) is 17.0. The van der Waals surface area contributed by atoms with E-state index in [2.05, 4.69) is 0 Å². The fraction of sp³-hybridized carbons (Fsp3) is 0.125. The van der Waals surface area contributed by atoms with Crippen molar-refractivity contribution >= 4 is 35.0 Å². The molecular weight excluding hydrogens is 320 g/mol. The van der Waals surface area contributed by atoms with Crippen molar-refractivity contribution in [2.75, 3.05) is 19.1 Å². The van der Waals surface area contributed by atoms with Crippen molar-refractivity contribution in [1.29, 1.82) is 0 Å². The largest absolute Gasteiger partial charge is 0.495 e. The highest BCUT2D eigenvalue weighted by atomic mass is 35.5. The third-order valence-electron chi connectivity index (χ3n) is 3.15. The summed E-state index contributed by atoms with van der Waals surface area (Å²) < 4.78 is 10.0. The molecule has 120 valence electrons. The number of hydrogen-bond acceptors (Lipinski definition) is 4. The van der Waals surface area contributed by atoms with Gasteiger partial charge in [-0.2, -0.15) is 0 Å². The number of anilines is 2. The Morgan fingerprint density at radius 3 is 2.39 bits per heavy atom. The first-order valence-corrected chi connectivity index (χ1v) is 6.97. The molecule has 0 aromatic heterocycles. The van der Waals surface area contributed by atoms with Crippen molar-refractivity contribution in [2.24, 2.45) is 5.73 Å². The van der Waals surface area contributed by atoms with Crippen LogP contribution in [-0.2, 0) is 4.74 Å². The number of amides is 2. The fourth-order valence-corrected chi connectivity index (χ4v) is 2.32. The number of nitrogens with two attached hydrogens (primary N) is 1. The normalized spacial score (nSPS) is 10.0. The van der Waals surface area contributed by atoms with Crippen molar-refractivity contribution in [3.63, 3.8) is 0 Å². The number of para-hydroxylation sites is 1. The molecule has 0 aliphatic rings. The summed E-state index contributed by atoms with van der Waals surface area (Å²) in [5.74, 6) is -0.208. The number of methoxy groups -OCH3 is 2. The predicted octanol–water partition coefficient (Wildman–Crippen LogP) is 3.35. The molecule has 0 aliphatic heterocycles. The number of ether oxygens (including phenoxy) is 2. The summed E-state index contributed by atoms with van der Waals surface area (Å²) in [6.45, 7) is 0. The van der Waals surface area contributed by atoms with Gasteiger partial charge in [-0.05, 0) is 30.3 Å². The number of urea groups is 1. The van der Waals surface area contributed by atoms with Crippen LogP contribution in [0.4, 0.5) is 16.2 Å². The third-order valence-corrected chi connectivity index (χ3v) is 3.39. The van der Waals surface area contributed by atoms with Crippen LogP contribution >= 0.6 is 11.6 Å². The lowest BCUT2D eigenvalue weighted by Crippen LogP contribution is -2.33. The van der Waals surface area contributed by atoms with Crippen molar-refractivity contribution in [2.45, 2.75) is 0 Å². The highest BCUT2D eigenvalue weighted by Crippen LogP contribution is 2.37. The molecule has 0 aliphatic carbocycles. The van der Waals surface area contributed by atoms with Crippen LogP contribution in [0.5, 0.6) is 5.75 Å². The molecular formula is C16H15ClN2O4. The standard InChI is InChI=1S/C16H15ClN2O4/c1-22-14-8-7-10(17)9-13(14)19(16(18)21)12-6-4-3-5-11(12)15(20)23-2/h3-9H,1-2H3,(H2,18,21). The van der Waals surface area contributed by atoms with Gasteiger partial charge >= 0.3 is 12.0 Å².